The maximum absolute atomic E-state index is 10.7. The van der Waals surface area contributed by atoms with E-state index in [1.807, 2.05) is 6.07 Å². The molecule has 1 N–H and O–H groups in total. The Hall–Kier alpha value is -0.640. The molecule has 0 unspecified atom stereocenters. The Morgan fingerprint density at radius 2 is 1.69 bits per heavy atom. The third-order valence-electron chi connectivity index (χ3n) is 1.45. The van der Waals surface area contributed by atoms with Crippen molar-refractivity contribution in [1.29, 1.82) is 0 Å². The molecular weight excluding hydrogens is 179 g/mol. The molecule has 0 atom stereocenters. The van der Waals surface area contributed by atoms with Crippen molar-refractivity contribution in [1.82, 2.24) is 0 Å². The summed E-state index contributed by atoms with van der Waals surface area (Å²) in [7, 11) is 0. The summed E-state index contributed by atoms with van der Waals surface area (Å²) in [6.07, 6.45) is -0.0316. The standard InChI is InChI=1S/C9H8O3.Na.H/c10-8(9(11)12)6-7-4-2-1-3-5-7;;/h1-5H,6H2,(H,11,12);;. The first-order valence-corrected chi connectivity index (χ1v) is 3.50. The monoisotopic (exact) mass is 188 g/mol. The first-order chi connectivity index (χ1) is 5.70. The van der Waals surface area contributed by atoms with Gasteiger partial charge < -0.3 is 5.11 Å². The molecule has 0 saturated heterocycles. The Bertz CT molecular complexity index is 295. The molecule has 3 nitrogen and oxygen atoms in total. The average Bonchev–Trinajstić information content (AvgIpc) is 2.06. The molecule has 0 radical (unpaired) electrons. The van der Waals surface area contributed by atoms with Crippen molar-refractivity contribution in [2.45, 2.75) is 6.42 Å². The molecule has 64 valence electrons. The second-order valence-corrected chi connectivity index (χ2v) is 2.39. The number of rotatable bonds is 3. The number of hydrogen-bond donors (Lipinski definition) is 1. The van der Waals surface area contributed by atoms with Crippen LogP contribution in [0.15, 0.2) is 30.3 Å². The second-order valence-electron chi connectivity index (χ2n) is 2.39. The number of aliphatic carboxylic acids is 1. The molecule has 0 aliphatic heterocycles. The third-order valence-corrected chi connectivity index (χ3v) is 1.45. The van der Waals surface area contributed by atoms with Crippen LogP contribution in [0.5, 0.6) is 0 Å². The van der Waals surface area contributed by atoms with Crippen LogP contribution in [-0.2, 0) is 16.0 Å². The van der Waals surface area contributed by atoms with Gasteiger partial charge in [-0.3, -0.25) is 4.79 Å². The molecule has 0 aliphatic carbocycles. The van der Waals surface area contributed by atoms with Crippen LogP contribution in [0.2, 0.25) is 0 Å². The van der Waals surface area contributed by atoms with Crippen molar-refractivity contribution in [3.63, 3.8) is 0 Å². The van der Waals surface area contributed by atoms with E-state index in [-0.39, 0.29) is 36.0 Å². The molecule has 1 aromatic carbocycles. The molecule has 0 fully saturated rings. The zero-order valence-electron chi connectivity index (χ0n) is 6.36. The summed E-state index contributed by atoms with van der Waals surface area (Å²) in [6.45, 7) is 0. The number of Topliss-reactive ketones (excluding diaryl/α,β-unsaturated/α-hetero) is 1. The van der Waals surface area contributed by atoms with E-state index in [2.05, 4.69) is 0 Å². The van der Waals surface area contributed by atoms with Crippen LogP contribution in [0.4, 0.5) is 0 Å². The summed E-state index contributed by atoms with van der Waals surface area (Å²) in [4.78, 5) is 20.9. The Morgan fingerprint density at radius 1 is 1.15 bits per heavy atom. The first-order valence-electron chi connectivity index (χ1n) is 3.50. The molecule has 0 bridgehead atoms. The van der Waals surface area contributed by atoms with E-state index in [9.17, 15) is 9.59 Å². The van der Waals surface area contributed by atoms with E-state index in [0.717, 1.165) is 5.56 Å². The quantitative estimate of drug-likeness (QED) is 0.545. The topological polar surface area (TPSA) is 54.4 Å². The fourth-order valence-electron chi connectivity index (χ4n) is 0.857. The Kier molecular flexibility index (Phi) is 5.62. The molecule has 0 heterocycles. The Labute approximate surface area is 98.1 Å². The molecule has 1 aromatic rings. The van der Waals surface area contributed by atoms with Crippen molar-refractivity contribution >= 4 is 41.3 Å². The maximum atomic E-state index is 10.7. The van der Waals surface area contributed by atoms with Gasteiger partial charge in [0.25, 0.3) is 0 Å². The first kappa shape index (κ1) is 12.4. The predicted molar refractivity (Wildman–Crippen MR) is 49.9 cm³/mol. The fourth-order valence-corrected chi connectivity index (χ4v) is 0.857. The summed E-state index contributed by atoms with van der Waals surface area (Å²) < 4.78 is 0. The van der Waals surface area contributed by atoms with Crippen molar-refractivity contribution in [3.8, 4) is 0 Å². The summed E-state index contributed by atoms with van der Waals surface area (Å²) in [6, 6.07) is 8.80. The summed E-state index contributed by atoms with van der Waals surface area (Å²) in [5, 5.41) is 8.29. The van der Waals surface area contributed by atoms with Gasteiger partial charge in [0, 0.05) is 6.42 Å². The van der Waals surface area contributed by atoms with Crippen LogP contribution in [-0.4, -0.2) is 46.4 Å². The van der Waals surface area contributed by atoms with E-state index in [1.54, 1.807) is 24.3 Å². The van der Waals surface area contributed by atoms with Crippen LogP contribution in [0.3, 0.4) is 0 Å². The molecule has 0 aliphatic rings. The van der Waals surface area contributed by atoms with Crippen molar-refractivity contribution in [3.05, 3.63) is 35.9 Å². The van der Waals surface area contributed by atoms with Gasteiger partial charge in [-0.25, -0.2) is 4.79 Å². The number of benzene rings is 1. The molecule has 1 rings (SSSR count). The Morgan fingerprint density at radius 3 is 2.15 bits per heavy atom. The predicted octanol–water partition coefficient (Wildman–Crippen LogP) is 0.234. The van der Waals surface area contributed by atoms with Crippen molar-refractivity contribution in [2.24, 2.45) is 0 Å². The number of carboxylic acids is 1. The van der Waals surface area contributed by atoms with Crippen LogP contribution in [0.25, 0.3) is 0 Å². The minimum atomic E-state index is -1.38. The van der Waals surface area contributed by atoms with Gasteiger partial charge in [-0.05, 0) is 5.56 Å². The van der Waals surface area contributed by atoms with Crippen LogP contribution < -0.4 is 0 Å². The average molecular weight is 188 g/mol. The van der Waals surface area contributed by atoms with Gasteiger partial charge in [-0.15, -0.1) is 0 Å². The zero-order valence-corrected chi connectivity index (χ0v) is 6.36. The third kappa shape index (κ3) is 4.22. The van der Waals surface area contributed by atoms with Crippen LogP contribution in [0.1, 0.15) is 5.56 Å². The number of carboxylic acid groups (broad SMARTS) is 1. The molecule has 0 aromatic heterocycles. The minimum absolute atomic E-state index is 0. The van der Waals surface area contributed by atoms with Crippen LogP contribution >= 0.6 is 0 Å². The Balaban J connectivity index is 0.00000144. The van der Waals surface area contributed by atoms with E-state index in [4.69, 9.17) is 5.11 Å². The van der Waals surface area contributed by atoms with Gasteiger partial charge in [0.15, 0.2) is 0 Å². The van der Waals surface area contributed by atoms with Gasteiger partial charge in [-0.1, -0.05) is 30.3 Å². The molecule has 0 saturated carbocycles. The van der Waals surface area contributed by atoms with E-state index < -0.39 is 11.8 Å². The number of carbonyl (C=O) groups is 2. The number of carbonyl (C=O) groups excluding carboxylic acids is 1. The van der Waals surface area contributed by atoms with Gasteiger partial charge >= 0.3 is 35.5 Å². The van der Waals surface area contributed by atoms with Crippen molar-refractivity contribution in [2.75, 3.05) is 0 Å². The fraction of sp³-hybridized carbons (Fsp3) is 0.111. The summed E-state index contributed by atoms with van der Waals surface area (Å²) >= 11 is 0. The van der Waals surface area contributed by atoms with Gasteiger partial charge in [0.2, 0.25) is 5.78 Å². The molecular formula is C9H9NaO3. The summed E-state index contributed by atoms with van der Waals surface area (Å²) in [5.74, 6) is -2.15. The van der Waals surface area contributed by atoms with Gasteiger partial charge in [-0.2, -0.15) is 0 Å². The summed E-state index contributed by atoms with van der Waals surface area (Å²) in [5.41, 5.74) is 0.727. The number of ketones is 1. The van der Waals surface area contributed by atoms with E-state index in [1.165, 1.54) is 0 Å². The SMILES string of the molecule is O=C(O)C(=O)Cc1ccccc1.[NaH]. The van der Waals surface area contributed by atoms with Crippen LogP contribution in [0, 0.1) is 0 Å². The van der Waals surface area contributed by atoms with E-state index >= 15 is 0 Å². The molecule has 4 heteroatoms. The normalized spacial score (nSPS) is 8.62. The zero-order chi connectivity index (χ0) is 8.97. The van der Waals surface area contributed by atoms with E-state index in [0.29, 0.717) is 0 Å². The number of hydrogen-bond acceptors (Lipinski definition) is 2. The van der Waals surface area contributed by atoms with Gasteiger partial charge in [0.1, 0.15) is 0 Å². The second kappa shape index (κ2) is 5.91. The molecule has 13 heavy (non-hydrogen) atoms. The molecule has 0 amide bonds. The molecule has 0 spiro atoms. The van der Waals surface area contributed by atoms with Gasteiger partial charge in [0.05, 0.1) is 0 Å². The van der Waals surface area contributed by atoms with Crippen molar-refractivity contribution < 1.29 is 14.7 Å².